The Kier molecular flexibility index (Phi) is 3.92. The zero-order valence-corrected chi connectivity index (χ0v) is 5.87. The largest absolute Gasteiger partial charge is 0.316 e. The van der Waals surface area contributed by atoms with Gasteiger partial charge in [-0.05, 0) is 19.9 Å². The van der Waals surface area contributed by atoms with E-state index in [9.17, 15) is 0 Å². The van der Waals surface area contributed by atoms with E-state index >= 15 is 0 Å². The molecule has 0 fully saturated rings. The first-order chi connectivity index (χ1) is 3.43. The van der Waals surface area contributed by atoms with E-state index in [1.807, 2.05) is 7.05 Å². The quantitative estimate of drug-likeness (QED) is 0.533. The van der Waals surface area contributed by atoms with Crippen molar-refractivity contribution >= 4 is 12.4 Å². The fraction of sp³-hybridized carbons (Fsp3) is 0.667. The highest BCUT2D eigenvalue weighted by atomic mass is 35.5. The highest BCUT2D eigenvalue weighted by Crippen LogP contribution is 2.07. The summed E-state index contributed by atoms with van der Waals surface area (Å²) in [5, 5.41) is 3.20. The lowest BCUT2D eigenvalue weighted by Crippen LogP contribution is -2.20. The highest BCUT2D eigenvalue weighted by Gasteiger charge is 2.04. The first-order valence-electron chi connectivity index (χ1n) is 2.76. The van der Waals surface area contributed by atoms with Crippen LogP contribution in [0.25, 0.3) is 0 Å². The van der Waals surface area contributed by atoms with E-state index in [1.165, 1.54) is 12.8 Å². The van der Waals surface area contributed by atoms with Gasteiger partial charge in [0.2, 0.25) is 0 Å². The minimum Gasteiger partial charge on any atom is -0.316 e. The number of rotatable bonds is 1. The predicted molar refractivity (Wildman–Crippen MR) is 38.5 cm³/mol. The molecule has 0 saturated carbocycles. The van der Waals surface area contributed by atoms with Crippen molar-refractivity contribution in [3.8, 4) is 0 Å². The molecular weight excluding hydrogens is 122 g/mol. The summed E-state index contributed by atoms with van der Waals surface area (Å²) in [7, 11) is 2.01. The van der Waals surface area contributed by atoms with Crippen LogP contribution in [0.3, 0.4) is 0 Å². The smallest absolute Gasteiger partial charge is 0.0133 e. The Labute approximate surface area is 56.6 Å². The van der Waals surface area contributed by atoms with Crippen LogP contribution < -0.4 is 5.32 Å². The SMILES string of the molecule is CNC1CC=CC1.Cl. The van der Waals surface area contributed by atoms with Gasteiger partial charge in [-0.2, -0.15) is 0 Å². The van der Waals surface area contributed by atoms with Gasteiger partial charge in [-0.3, -0.25) is 0 Å². The van der Waals surface area contributed by atoms with Crippen molar-refractivity contribution in [1.82, 2.24) is 5.32 Å². The summed E-state index contributed by atoms with van der Waals surface area (Å²) in [5.41, 5.74) is 0. The molecule has 1 nitrogen and oxygen atoms in total. The maximum atomic E-state index is 3.20. The average molecular weight is 134 g/mol. The molecule has 0 saturated heterocycles. The third-order valence-corrected chi connectivity index (χ3v) is 1.42. The Balaban J connectivity index is 0.000000490. The Morgan fingerprint density at radius 3 is 2.12 bits per heavy atom. The van der Waals surface area contributed by atoms with E-state index in [0.29, 0.717) is 0 Å². The minimum absolute atomic E-state index is 0. The normalized spacial score (nSPS) is 18.6. The van der Waals surface area contributed by atoms with Crippen molar-refractivity contribution in [2.24, 2.45) is 0 Å². The summed E-state index contributed by atoms with van der Waals surface area (Å²) < 4.78 is 0. The molecule has 0 spiro atoms. The molecule has 0 aromatic carbocycles. The van der Waals surface area contributed by atoms with Crippen LogP contribution >= 0.6 is 12.4 Å². The van der Waals surface area contributed by atoms with Gasteiger partial charge in [-0.25, -0.2) is 0 Å². The molecule has 0 radical (unpaired) electrons. The summed E-state index contributed by atoms with van der Waals surface area (Å²) in [6.07, 6.45) is 6.88. The molecule has 2 heteroatoms. The summed E-state index contributed by atoms with van der Waals surface area (Å²) >= 11 is 0. The van der Waals surface area contributed by atoms with Gasteiger partial charge >= 0.3 is 0 Å². The van der Waals surface area contributed by atoms with Crippen LogP contribution in [0.15, 0.2) is 12.2 Å². The molecule has 1 aliphatic carbocycles. The van der Waals surface area contributed by atoms with Gasteiger partial charge in [-0.15, -0.1) is 12.4 Å². The summed E-state index contributed by atoms with van der Waals surface area (Å²) in [5.74, 6) is 0. The monoisotopic (exact) mass is 133 g/mol. The fourth-order valence-corrected chi connectivity index (χ4v) is 0.853. The maximum Gasteiger partial charge on any atom is 0.0133 e. The third kappa shape index (κ3) is 1.85. The van der Waals surface area contributed by atoms with E-state index in [-0.39, 0.29) is 12.4 Å². The third-order valence-electron chi connectivity index (χ3n) is 1.42. The number of nitrogens with one attached hydrogen (secondary N) is 1. The lowest BCUT2D eigenvalue weighted by atomic mass is 10.2. The zero-order valence-electron chi connectivity index (χ0n) is 5.05. The zero-order chi connectivity index (χ0) is 5.11. The van der Waals surface area contributed by atoms with Gasteiger partial charge in [0.05, 0.1) is 0 Å². The molecule has 0 aromatic heterocycles. The Morgan fingerprint density at radius 1 is 1.38 bits per heavy atom. The van der Waals surface area contributed by atoms with Crippen LogP contribution in [-0.4, -0.2) is 13.1 Å². The molecule has 0 aliphatic heterocycles. The van der Waals surface area contributed by atoms with Gasteiger partial charge in [0, 0.05) is 6.04 Å². The average Bonchev–Trinajstić information content (AvgIpc) is 2.14. The van der Waals surface area contributed by atoms with Crippen molar-refractivity contribution in [3.63, 3.8) is 0 Å². The number of hydrogen-bond donors (Lipinski definition) is 1. The van der Waals surface area contributed by atoms with E-state index in [1.54, 1.807) is 0 Å². The van der Waals surface area contributed by atoms with Gasteiger partial charge in [0.15, 0.2) is 0 Å². The molecule has 1 N–H and O–H groups in total. The molecule has 0 aromatic rings. The first-order valence-corrected chi connectivity index (χ1v) is 2.76. The molecule has 0 unspecified atom stereocenters. The molecule has 1 rings (SSSR count). The lowest BCUT2D eigenvalue weighted by Gasteiger charge is -2.03. The van der Waals surface area contributed by atoms with E-state index in [0.717, 1.165) is 6.04 Å². The highest BCUT2D eigenvalue weighted by molar-refractivity contribution is 5.85. The van der Waals surface area contributed by atoms with Crippen LogP contribution in [0.4, 0.5) is 0 Å². The lowest BCUT2D eigenvalue weighted by molar-refractivity contribution is 0.601. The Bertz CT molecular complexity index is 72.6. The van der Waals surface area contributed by atoms with Crippen LogP contribution in [0.5, 0.6) is 0 Å². The van der Waals surface area contributed by atoms with Gasteiger partial charge in [0.1, 0.15) is 0 Å². The molecule has 48 valence electrons. The summed E-state index contributed by atoms with van der Waals surface area (Å²) in [4.78, 5) is 0. The molecule has 0 heterocycles. The maximum absolute atomic E-state index is 3.20. The van der Waals surface area contributed by atoms with Crippen molar-refractivity contribution in [2.75, 3.05) is 7.05 Å². The van der Waals surface area contributed by atoms with Crippen molar-refractivity contribution in [3.05, 3.63) is 12.2 Å². The minimum atomic E-state index is 0. The van der Waals surface area contributed by atoms with Crippen molar-refractivity contribution in [2.45, 2.75) is 18.9 Å². The molecule has 8 heavy (non-hydrogen) atoms. The Hall–Kier alpha value is -0.0100. The second kappa shape index (κ2) is 3.93. The summed E-state index contributed by atoms with van der Waals surface area (Å²) in [6.45, 7) is 0. The summed E-state index contributed by atoms with van der Waals surface area (Å²) in [6, 6.07) is 0.736. The van der Waals surface area contributed by atoms with E-state index in [4.69, 9.17) is 0 Å². The standard InChI is InChI=1S/C6H11N.ClH/c1-7-6-4-2-3-5-6;/h2-3,6-7H,4-5H2,1H3;1H. The van der Waals surface area contributed by atoms with Gasteiger partial charge in [0.25, 0.3) is 0 Å². The molecule has 0 atom stereocenters. The van der Waals surface area contributed by atoms with Crippen LogP contribution in [0.1, 0.15) is 12.8 Å². The Morgan fingerprint density at radius 2 is 1.88 bits per heavy atom. The topological polar surface area (TPSA) is 12.0 Å². The number of hydrogen-bond acceptors (Lipinski definition) is 1. The molecular formula is C6H12ClN. The van der Waals surface area contributed by atoms with Crippen LogP contribution in [-0.2, 0) is 0 Å². The second-order valence-corrected chi connectivity index (χ2v) is 1.93. The fourth-order valence-electron chi connectivity index (χ4n) is 0.853. The van der Waals surface area contributed by atoms with Gasteiger partial charge in [-0.1, -0.05) is 12.2 Å². The van der Waals surface area contributed by atoms with E-state index < -0.39 is 0 Å². The first kappa shape index (κ1) is 7.99. The van der Waals surface area contributed by atoms with Gasteiger partial charge < -0.3 is 5.32 Å². The second-order valence-electron chi connectivity index (χ2n) is 1.93. The van der Waals surface area contributed by atoms with Crippen molar-refractivity contribution < 1.29 is 0 Å². The molecule has 0 bridgehead atoms. The molecule has 0 amide bonds. The van der Waals surface area contributed by atoms with Crippen LogP contribution in [0, 0.1) is 0 Å². The molecule has 1 aliphatic rings. The number of halogens is 1. The van der Waals surface area contributed by atoms with Crippen molar-refractivity contribution in [1.29, 1.82) is 0 Å². The van der Waals surface area contributed by atoms with E-state index in [2.05, 4.69) is 17.5 Å². The predicted octanol–water partition coefficient (Wildman–Crippen LogP) is 1.35. The van der Waals surface area contributed by atoms with Crippen LogP contribution in [0.2, 0.25) is 0 Å².